The van der Waals surface area contributed by atoms with Crippen LogP contribution in [0.5, 0.6) is 0 Å². The molecule has 0 radical (unpaired) electrons. The standard InChI is InChI=1S/C25H36N3O4P.C13H20O2.C7H12.C4H8.3C2H6.C2H2.CH4O/c1-18(2)28(19(3)4)33(30-15-6-13-26)31-16-12-22-8-10-24(32-22)27-14-11-21-17-20(5)7-9-23(21)25(27)29;1-6-10-13(4,14)11(3)8-9-12(7-2)15-5;1-3-5-7-6-4-2;1-3-4-2;5*1-2/h7,9,11,14,17-19,22,24H,6,8,10,12,15-16H2,1-5H3;6-10,14H,2H2,1,3-5H3;3-6H,7H2,1-2H3;3-4H,1-2H3;3*1-2H3;1-2H;2H,1H3/b;10-6+,11-8+,12-9+;5-3-,6-4-;4-3-;;;;;/t22?,24-,33?;;;;;;;;/m1......../s1. The normalized spacial score (nSPS) is 15.3. The maximum absolute atomic E-state index is 13.0. The zero-order valence-electron chi connectivity index (χ0n) is 47.1. The summed E-state index contributed by atoms with van der Waals surface area (Å²) in [6, 6.07) is 10.6. The third-order valence-electron chi connectivity index (χ3n) is 9.09. The molecule has 11 heteroatoms. The lowest BCUT2D eigenvalue weighted by atomic mass is 9.96. The van der Waals surface area contributed by atoms with Crippen LogP contribution in [0.3, 0.4) is 0 Å². The van der Waals surface area contributed by atoms with Crippen molar-refractivity contribution in [2.75, 3.05) is 27.4 Å². The first-order valence-corrected chi connectivity index (χ1v) is 25.7. The van der Waals surface area contributed by atoms with Crippen LogP contribution in [0.15, 0.2) is 120 Å². The second-order valence-corrected chi connectivity index (χ2v) is 16.0. The van der Waals surface area contributed by atoms with Gasteiger partial charge < -0.3 is 28.7 Å². The van der Waals surface area contributed by atoms with Gasteiger partial charge in [-0.3, -0.25) is 9.36 Å². The molecule has 1 aromatic carbocycles. The Labute approximate surface area is 425 Å². The molecule has 2 heterocycles. The van der Waals surface area contributed by atoms with Gasteiger partial charge in [-0.2, -0.15) is 5.26 Å². The number of terminal acetylenes is 1. The zero-order valence-corrected chi connectivity index (χ0v) is 48.0. The number of aryl methyl sites for hydroxylation is 1. The number of aliphatic hydroxyl groups is 2. The van der Waals surface area contributed by atoms with E-state index in [4.69, 9.17) is 28.9 Å². The molecular formula is C58H100N3O7P. The molecule has 3 unspecified atom stereocenters. The van der Waals surface area contributed by atoms with Gasteiger partial charge in [0.15, 0.2) is 0 Å². The summed E-state index contributed by atoms with van der Waals surface area (Å²) in [6.45, 7) is 40.6. The molecule has 10 nitrogen and oxygen atoms in total. The highest BCUT2D eigenvalue weighted by molar-refractivity contribution is 7.44. The summed E-state index contributed by atoms with van der Waals surface area (Å²) in [5, 5.41) is 27.5. The molecule has 1 aliphatic heterocycles. The number of aromatic nitrogens is 1. The molecule has 1 aromatic heterocycles. The molecule has 1 aliphatic rings. The summed E-state index contributed by atoms with van der Waals surface area (Å²) in [6.07, 6.45) is 34.6. The van der Waals surface area contributed by atoms with Crippen LogP contribution in [0.2, 0.25) is 0 Å². The van der Waals surface area contributed by atoms with Gasteiger partial charge in [0.25, 0.3) is 14.1 Å². The van der Waals surface area contributed by atoms with E-state index in [1.54, 1.807) is 36.8 Å². The van der Waals surface area contributed by atoms with Gasteiger partial charge in [0.1, 0.15) is 17.6 Å². The van der Waals surface area contributed by atoms with Crippen molar-refractivity contribution in [3.8, 4) is 18.9 Å². The molecule has 0 spiro atoms. The monoisotopic (exact) mass is 982 g/mol. The average molecular weight is 982 g/mol. The number of methoxy groups -OCH3 is 1. The Bertz CT molecular complexity index is 1790. The Morgan fingerprint density at radius 3 is 1.91 bits per heavy atom. The van der Waals surface area contributed by atoms with Crippen molar-refractivity contribution in [1.29, 1.82) is 5.26 Å². The lowest BCUT2D eigenvalue weighted by Gasteiger charge is -2.35. The van der Waals surface area contributed by atoms with Crippen LogP contribution in [0.1, 0.15) is 162 Å². The highest BCUT2D eigenvalue weighted by Crippen LogP contribution is 2.46. The lowest BCUT2D eigenvalue weighted by Crippen LogP contribution is -2.33. The Morgan fingerprint density at radius 1 is 0.928 bits per heavy atom. The summed E-state index contributed by atoms with van der Waals surface area (Å²) < 4.78 is 27.3. The van der Waals surface area contributed by atoms with Crippen molar-refractivity contribution in [1.82, 2.24) is 9.24 Å². The summed E-state index contributed by atoms with van der Waals surface area (Å²) >= 11 is 0. The van der Waals surface area contributed by atoms with Crippen molar-refractivity contribution < 1.29 is 28.7 Å². The summed E-state index contributed by atoms with van der Waals surface area (Å²) in [7, 11) is 1.34. The van der Waals surface area contributed by atoms with E-state index in [1.807, 2.05) is 145 Å². The number of hydrogen-bond donors (Lipinski definition) is 2. The minimum atomic E-state index is -1.25. The zero-order chi connectivity index (χ0) is 54.8. The number of fused-ring (bicyclic) bond motifs is 1. The molecular weight excluding hydrogens is 882 g/mol. The van der Waals surface area contributed by atoms with Crippen molar-refractivity contribution in [3.05, 3.63) is 131 Å². The average Bonchev–Trinajstić information content (AvgIpc) is 3.83. The topological polar surface area (TPSA) is 126 Å². The number of nitrogens with zero attached hydrogens (tertiary/aromatic N) is 3. The fourth-order valence-corrected chi connectivity index (χ4v) is 7.29. The number of ether oxygens (including phenoxy) is 2. The highest BCUT2D eigenvalue weighted by Gasteiger charge is 2.30. The SMILES string of the molecule is C#C.C/C=C\C.C/C=C\C/C=C\C.C=C/C(=C\C=C(/C)C(C)(O)/C=C/C)OC.CC.CC.CC.CO.Cc1ccc2c(=O)n([C@H]3CCC(CCOP(OCCC#N)N(C(C)C)C(C)C)O3)ccc2c1. The van der Waals surface area contributed by atoms with Gasteiger partial charge in [-0.15, -0.1) is 12.8 Å². The van der Waals surface area contributed by atoms with Gasteiger partial charge in [0, 0.05) is 30.8 Å². The molecule has 2 N–H and O–H groups in total. The summed E-state index contributed by atoms with van der Waals surface area (Å²) in [5.74, 6) is 0.672. The van der Waals surface area contributed by atoms with Crippen molar-refractivity contribution in [2.45, 2.75) is 187 Å². The minimum Gasteiger partial charge on any atom is -0.497 e. The molecule has 3 rings (SSSR count). The number of hydrogen-bond acceptors (Lipinski definition) is 9. The number of pyridine rings is 1. The van der Waals surface area contributed by atoms with E-state index >= 15 is 0 Å². The van der Waals surface area contributed by atoms with Crippen LogP contribution in [-0.4, -0.2) is 70.7 Å². The van der Waals surface area contributed by atoms with E-state index in [1.165, 1.54) is 0 Å². The molecule has 394 valence electrons. The third kappa shape index (κ3) is 36.3. The highest BCUT2D eigenvalue weighted by atomic mass is 31.2. The first kappa shape index (κ1) is 76.1. The van der Waals surface area contributed by atoms with E-state index in [0.29, 0.717) is 25.4 Å². The number of benzene rings is 1. The fraction of sp³-hybridized carbons (Fsp3) is 0.552. The van der Waals surface area contributed by atoms with Crippen LogP contribution >= 0.6 is 8.53 Å². The molecule has 69 heavy (non-hydrogen) atoms. The number of nitriles is 1. The molecule has 0 saturated carbocycles. The maximum atomic E-state index is 13.0. The Morgan fingerprint density at radius 2 is 1.46 bits per heavy atom. The van der Waals surface area contributed by atoms with Crippen LogP contribution < -0.4 is 5.56 Å². The van der Waals surface area contributed by atoms with E-state index in [0.717, 1.165) is 54.7 Å². The largest absolute Gasteiger partial charge is 0.497 e. The molecule has 0 aliphatic carbocycles. The Hall–Kier alpha value is -4.35. The van der Waals surface area contributed by atoms with Crippen molar-refractivity contribution in [3.63, 3.8) is 0 Å². The minimum absolute atomic E-state index is 0.00618. The van der Waals surface area contributed by atoms with Crippen LogP contribution in [-0.2, 0) is 18.5 Å². The smallest absolute Gasteiger partial charge is 0.260 e. The van der Waals surface area contributed by atoms with Gasteiger partial charge in [-0.05, 0) is 144 Å². The van der Waals surface area contributed by atoms with Gasteiger partial charge >= 0.3 is 0 Å². The molecule has 0 bridgehead atoms. The molecule has 1 fully saturated rings. The molecule has 1 saturated heterocycles. The van der Waals surface area contributed by atoms with Crippen molar-refractivity contribution >= 4 is 19.3 Å². The van der Waals surface area contributed by atoms with E-state index in [2.05, 4.69) is 82.2 Å². The van der Waals surface area contributed by atoms with Crippen LogP contribution in [0.25, 0.3) is 10.8 Å². The van der Waals surface area contributed by atoms with E-state index < -0.39 is 14.1 Å². The number of rotatable bonds is 18. The molecule has 4 atom stereocenters. The predicted octanol–water partition coefficient (Wildman–Crippen LogP) is 15.7. The molecule has 2 aromatic rings. The lowest BCUT2D eigenvalue weighted by molar-refractivity contribution is -0.00868. The van der Waals surface area contributed by atoms with Crippen LogP contribution in [0, 0.1) is 31.1 Å². The second-order valence-electron chi connectivity index (χ2n) is 14.6. The van der Waals surface area contributed by atoms with Gasteiger partial charge in [-0.25, -0.2) is 4.67 Å². The second kappa shape index (κ2) is 53.0. The predicted molar refractivity (Wildman–Crippen MR) is 303 cm³/mol. The summed E-state index contributed by atoms with van der Waals surface area (Å²) in [4.78, 5) is 13.0. The van der Waals surface area contributed by atoms with E-state index in [-0.39, 0.29) is 30.0 Å². The molecule has 0 amide bonds. The van der Waals surface area contributed by atoms with Gasteiger partial charge in [0.05, 0.1) is 38.9 Å². The third-order valence-corrected chi connectivity index (χ3v) is 11.2. The van der Waals surface area contributed by atoms with Gasteiger partial charge in [-0.1, -0.05) is 121 Å². The van der Waals surface area contributed by atoms with Crippen molar-refractivity contribution in [2.24, 2.45) is 0 Å². The fourth-order valence-electron chi connectivity index (χ4n) is 5.69. The first-order chi connectivity index (χ1) is 33.1. The van der Waals surface area contributed by atoms with Crippen LogP contribution in [0.4, 0.5) is 0 Å². The van der Waals surface area contributed by atoms with E-state index in [9.17, 15) is 9.90 Å². The quantitative estimate of drug-likeness (QED) is 0.0375. The number of aliphatic hydroxyl groups excluding tert-OH is 1. The summed E-state index contributed by atoms with van der Waals surface area (Å²) in [5.41, 5.74) is 1.07. The Kier molecular flexibility index (Phi) is 58.5. The number of allylic oxidation sites excluding steroid dienone is 10. The van der Waals surface area contributed by atoms with Gasteiger partial charge in [0.2, 0.25) is 0 Å². The Balaban J connectivity index is -0.000000228. The maximum Gasteiger partial charge on any atom is 0.260 e. The first-order valence-electron chi connectivity index (χ1n) is 24.6.